The summed E-state index contributed by atoms with van der Waals surface area (Å²) < 4.78 is 35.2. The summed E-state index contributed by atoms with van der Waals surface area (Å²) >= 11 is 0. The topological polar surface area (TPSA) is 99.4 Å². The molecule has 3 aromatic rings. The Labute approximate surface area is 156 Å². The zero-order valence-corrected chi connectivity index (χ0v) is 15.4. The van der Waals surface area contributed by atoms with Crippen LogP contribution in [0.1, 0.15) is 25.3 Å². The van der Waals surface area contributed by atoms with Gasteiger partial charge in [0.25, 0.3) is 5.89 Å². The van der Waals surface area contributed by atoms with Gasteiger partial charge in [-0.1, -0.05) is 36.4 Å². The molecule has 0 aliphatic heterocycles. The van der Waals surface area contributed by atoms with Crippen LogP contribution >= 0.6 is 0 Å². The zero-order chi connectivity index (χ0) is 19.3. The summed E-state index contributed by atoms with van der Waals surface area (Å²) in [4.78, 5) is 12.2. The minimum absolute atomic E-state index is 0.146. The minimum Gasteiger partial charge on any atom is -0.453 e. The first-order valence-electron chi connectivity index (χ1n) is 8.32. The van der Waals surface area contributed by atoms with Crippen LogP contribution in [0, 0.1) is 0 Å². The molecule has 0 radical (unpaired) electrons. The van der Waals surface area contributed by atoms with Gasteiger partial charge in [0.2, 0.25) is 5.89 Å². The van der Waals surface area contributed by atoms with Crippen LogP contribution in [0.25, 0.3) is 11.5 Å². The van der Waals surface area contributed by atoms with Crippen molar-refractivity contribution in [1.82, 2.24) is 10.2 Å². The van der Waals surface area contributed by atoms with E-state index in [-0.39, 0.29) is 23.0 Å². The molecule has 0 spiro atoms. The van der Waals surface area contributed by atoms with Crippen molar-refractivity contribution >= 4 is 15.8 Å². The van der Waals surface area contributed by atoms with Gasteiger partial charge in [0.15, 0.2) is 15.9 Å². The summed E-state index contributed by atoms with van der Waals surface area (Å²) in [6.45, 7) is 1.59. The average Bonchev–Trinajstić information content (AvgIpc) is 3.18. The van der Waals surface area contributed by atoms with Gasteiger partial charge in [-0.3, -0.25) is 4.79 Å². The second-order valence-electron chi connectivity index (χ2n) is 5.83. The van der Waals surface area contributed by atoms with Gasteiger partial charge < -0.3 is 9.15 Å². The largest absolute Gasteiger partial charge is 0.453 e. The molecule has 1 aromatic heterocycles. The standard InChI is InChI=1S/C19H18N2O5S/c1-14(18-20-21-19(26-18)15-8-4-2-5-9-15)25-17(22)12-13-27(23,24)16-10-6-3-7-11-16/h2-11,14H,12-13H2,1H3/t14-/m1/s1. The molecule has 3 rings (SSSR count). The highest BCUT2D eigenvalue weighted by Gasteiger charge is 2.21. The van der Waals surface area contributed by atoms with E-state index in [2.05, 4.69) is 10.2 Å². The number of carbonyl (C=O) groups excluding carboxylic acids is 1. The number of rotatable bonds is 7. The van der Waals surface area contributed by atoms with Crippen LogP contribution in [0.15, 0.2) is 70.0 Å². The lowest BCUT2D eigenvalue weighted by atomic mass is 10.2. The number of nitrogens with zero attached hydrogens (tertiary/aromatic N) is 2. The Balaban J connectivity index is 1.57. The van der Waals surface area contributed by atoms with E-state index in [4.69, 9.17) is 9.15 Å². The number of hydrogen-bond donors (Lipinski definition) is 0. The molecule has 140 valence electrons. The highest BCUT2D eigenvalue weighted by molar-refractivity contribution is 7.91. The second kappa shape index (κ2) is 8.13. The van der Waals surface area contributed by atoms with Crippen molar-refractivity contribution in [1.29, 1.82) is 0 Å². The predicted molar refractivity (Wildman–Crippen MR) is 97.4 cm³/mol. The lowest BCUT2D eigenvalue weighted by Gasteiger charge is -2.09. The van der Waals surface area contributed by atoms with Crippen LogP contribution in [-0.2, 0) is 19.4 Å². The minimum atomic E-state index is -3.54. The van der Waals surface area contributed by atoms with Gasteiger partial charge in [0, 0.05) is 5.56 Å². The third kappa shape index (κ3) is 4.79. The quantitative estimate of drug-likeness (QED) is 0.575. The van der Waals surface area contributed by atoms with Crippen LogP contribution in [-0.4, -0.2) is 30.3 Å². The van der Waals surface area contributed by atoms with Crippen molar-refractivity contribution < 1.29 is 22.4 Å². The van der Waals surface area contributed by atoms with Crippen LogP contribution in [0.5, 0.6) is 0 Å². The van der Waals surface area contributed by atoms with E-state index in [0.717, 1.165) is 5.56 Å². The molecule has 2 aromatic carbocycles. The summed E-state index contributed by atoms with van der Waals surface area (Å²) in [6.07, 6.45) is -1.04. The molecule has 7 nitrogen and oxygen atoms in total. The molecule has 0 saturated heterocycles. The maximum absolute atomic E-state index is 12.2. The summed E-state index contributed by atoms with van der Waals surface area (Å²) in [5, 5.41) is 7.83. The summed E-state index contributed by atoms with van der Waals surface area (Å²) in [5.41, 5.74) is 0.753. The first-order chi connectivity index (χ1) is 13.0. The molecule has 1 heterocycles. The molecule has 1 atom stereocenters. The molecule has 8 heteroatoms. The molecule has 0 fully saturated rings. The third-order valence-corrected chi connectivity index (χ3v) is 5.53. The van der Waals surface area contributed by atoms with Crippen LogP contribution in [0.3, 0.4) is 0 Å². The number of benzene rings is 2. The number of esters is 1. The third-order valence-electron chi connectivity index (χ3n) is 3.79. The molecule has 0 amide bonds. The van der Waals surface area contributed by atoms with Gasteiger partial charge in [-0.05, 0) is 31.2 Å². The Morgan fingerprint density at radius 3 is 2.33 bits per heavy atom. The van der Waals surface area contributed by atoms with E-state index in [0.29, 0.717) is 5.89 Å². The van der Waals surface area contributed by atoms with E-state index in [1.165, 1.54) is 12.1 Å². The fourth-order valence-corrected chi connectivity index (χ4v) is 3.61. The zero-order valence-electron chi connectivity index (χ0n) is 14.6. The maximum Gasteiger partial charge on any atom is 0.307 e. The molecule has 0 N–H and O–H groups in total. The first kappa shape index (κ1) is 18.8. The fourth-order valence-electron chi connectivity index (χ4n) is 2.37. The summed E-state index contributed by atoms with van der Waals surface area (Å²) in [5.74, 6) is -0.517. The lowest BCUT2D eigenvalue weighted by Crippen LogP contribution is -2.15. The molecule has 0 bridgehead atoms. The second-order valence-corrected chi connectivity index (χ2v) is 7.93. The monoisotopic (exact) mass is 386 g/mol. The fraction of sp³-hybridized carbons (Fsp3) is 0.211. The normalized spacial score (nSPS) is 12.5. The predicted octanol–water partition coefficient (Wildman–Crippen LogP) is 3.20. The van der Waals surface area contributed by atoms with E-state index >= 15 is 0 Å². The number of ether oxygens (including phenoxy) is 1. The average molecular weight is 386 g/mol. The molecular formula is C19H18N2O5S. The van der Waals surface area contributed by atoms with Gasteiger partial charge >= 0.3 is 5.97 Å². The Morgan fingerprint density at radius 2 is 1.67 bits per heavy atom. The maximum atomic E-state index is 12.2. The highest BCUT2D eigenvalue weighted by Crippen LogP contribution is 2.22. The first-order valence-corrected chi connectivity index (χ1v) is 9.97. The van der Waals surface area contributed by atoms with Gasteiger partial charge in [-0.15, -0.1) is 10.2 Å². The van der Waals surface area contributed by atoms with Gasteiger partial charge in [0.1, 0.15) is 0 Å². The van der Waals surface area contributed by atoms with Crippen LogP contribution in [0.4, 0.5) is 0 Å². The van der Waals surface area contributed by atoms with Crippen molar-refractivity contribution in [3.8, 4) is 11.5 Å². The number of carbonyl (C=O) groups is 1. The van der Waals surface area contributed by atoms with Gasteiger partial charge in [-0.25, -0.2) is 8.42 Å². The molecule has 0 saturated carbocycles. The van der Waals surface area contributed by atoms with Crippen LogP contribution in [0.2, 0.25) is 0 Å². The van der Waals surface area contributed by atoms with Crippen molar-refractivity contribution in [3.63, 3.8) is 0 Å². The van der Waals surface area contributed by atoms with Crippen molar-refractivity contribution in [3.05, 3.63) is 66.6 Å². The van der Waals surface area contributed by atoms with Gasteiger partial charge in [-0.2, -0.15) is 0 Å². The Morgan fingerprint density at radius 1 is 1.04 bits per heavy atom. The van der Waals surface area contributed by atoms with E-state index in [9.17, 15) is 13.2 Å². The molecule has 0 unspecified atom stereocenters. The van der Waals surface area contributed by atoms with Crippen molar-refractivity contribution in [2.45, 2.75) is 24.3 Å². The molecule has 0 aliphatic rings. The van der Waals surface area contributed by atoms with E-state index in [1.54, 1.807) is 25.1 Å². The van der Waals surface area contributed by atoms with Crippen LogP contribution < -0.4 is 0 Å². The molecular weight excluding hydrogens is 368 g/mol. The Bertz CT molecular complexity index is 1000. The van der Waals surface area contributed by atoms with Crippen molar-refractivity contribution in [2.24, 2.45) is 0 Å². The van der Waals surface area contributed by atoms with E-state index < -0.39 is 21.9 Å². The number of hydrogen-bond acceptors (Lipinski definition) is 7. The SMILES string of the molecule is C[C@@H](OC(=O)CCS(=O)(=O)c1ccccc1)c1nnc(-c2ccccc2)o1. The van der Waals surface area contributed by atoms with Gasteiger partial charge in [0.05, 0.1) is 17.1 Å². The van der Waals surface area contributed by atoms with Crippen molar-refractivity contribution in [2.75, 3.05) is 5.75 Å². The number of aromatic nitrogens is 2. The smallest absolute Gasteiger partial charge is 0.307 e. The molecule has 0 aliphatic carbocycles. The Kier molecular flexibility index (Phi) is 5.66. The lowest BCUT2D eigenvalue weighted by molar-refractivity contribution is -0.149. The number of sulfone groups is 1. The van der Waals surface area contributed by atoms with E-state index in [1.807, 2.05) is 30.3 Å². The highest BCUT2D eigenvalue weighted by atomic mass is 32.2. The summed E-state index contributed by atoms with van der Waals surface area (Å²) in [7, 11) is -3.54. The summed E-state index contributed by atoms with van der Waals surface area (Å²) in [6, 6.07) is 17.2. The molecule has 27 heavy (non-hydrogen) atoms. The Hall–Kier alpha value is -3.00.